The van der Waals surface area contributed by atoms with Crippen molar-refractivity contribution in [3.8, 4) is 0 Å². The van der Waals surface area contributed by atoms with Crippen molar-refractivity contribution in [3.63, 3.8) is 0 Å². The molecule has 2 aromatic rings. The van der Waals surface area contributed by atoms with Gasteiger partial charge in [-0.2, -0.15) is 0 Å². The van der Waals surface area contributed by atoms with E-state index in [4.69, 9.17) is 0 Å². The fourth-order valence-corrected chi connectivity index (χ4v) is 3.68. The van der Waals surface area contributed by atoms with Gasteiger partial charge in [-0.3, -0.25) is 4.72 Å². The lowest BCUT2D eigenvalue weighted by Crippen LogP contribution is -2.22. The van der Waals surface area contributed by atoms with Crippen LogP contribution in [-0.2, 0) is 5.60 Å². The summed E-state index contributed by atoms with van der Waals surface area (Å²) >= 11 is 2.73. The van der Waals surface area contributed by atoms with Gasteiger partial charge in [0.1, 0.15) is 0 Å². The molecule has 0 aliphatic heterocycles. The molecule has 3 N–H and O–H groups in total. The fraction of sp³-hybridized carbons (Fsp3) is 0.312. The molecule has 1 aromatic carbocycles. The highest BCUT2D eigenvalue weighted by Crippen LogP contribution is 2.30. The van der Waals surface area contributed by atoms with Crippen molar-refractivity contribution >= 4 is 35.0 Å². The molecule has 4 nitrogen and oxygen atoms in total. The quantitative estimate of drug-likeness (QED) is 0.724. The van der Waals surface area contributed by atoms with E-state index < -0.39 is 5.60 Å². The average Bonchev–Trinajstić information content (AvgIpc) is 2.83. The number of hydrogen-bond donors (Lipinski definition) is 3. The zero-order valence-corrected chi connectivity index (χ0v) is 14.7. The Balaban J connectivity index is 1.91. The Kier molecular flexibility index (Phi) is 5.16. The molecule has 0 aliphatic carbocycles. The summed E-state index contributed by atoms with van der Waals surface area (Å²) in [6.07, 6.45) is 0. The summed E-state index contributed by atoms with van der Waals surface area (Å²) in [6.45, 7) is 7.47. The molecule has 0 bridgehead atoms. The number of aliphatic hydroxyl groups is 1. The molecule has 1 aromatic heterocycles. The fourth-order valence-electron chi connectivity index (χ4n) is 1.99. The minimum absolute atomic E-state index is 0.270. The molecule has 0 saturated heterocycles. The van der Waals surface area contributed by atoms with E-state index in [1.54, 1.807) is 13.8 Å². The van der Waals surface area contributed by atoms with Gasteiger partial charge in [0, 0.05) is 5.69 Å². The van der Waals surface area contributed by atoms with Crippen molar-refractivity contribution in [2.45, 2.75) is 37.5 Å². The van der Waals surface area contributed by atoms with Crippen LogP contribution in [0.25, 0.3) is 0 Å². The molecule has 0 unspecified atom stereocenters. The minimum Gasteiger partial charge on any atom is -0.386 e. The molecule has 0 saturated carbocycles. The maximum absolute atomic E-state index is 11.9. The van der Waals surface area contributed by atoms with Crippen LogP contribution in [0.3, 0.4) is 0 Å². The second-order valence-corrected chi connectivity index (χ2v) is 7.77. The van der Waals surface area contributed by atoms with Gasteiger partial charge in [0.2, 0.25) is 0 Å². The second kappa shape index (κ2) is 6.73. The molecule has 0 spiro atoms. The molecular weight excluding hydrogens is 316 g/mol. The van der Waals surface area contributed by atoms with Crippen molar-refractivity contribution in [2.24, 2.45) is 0 Å². The van der Waals surface area contributed by atoms with E-state index in [0.717, 1.165) is 26.6 Å². The van der Waals surface area contributed by atoms with Gasteiger partial charge < -0.3 is 10.4 Å². The van der Waals surface area contributed by atoms with Crippen LogP contribution in [0.4, 0.5) is 10.5 Å². The molecule has 22 heavy (non-hydrogen) atoms. The van der Waals surface area contributed by atoms with Crippen molar-refractivity contribution in [2.75, 3.05) is 5.32 Å². The van der Waals surface area contributed by atoms with Crippen LogP contribution in [0.15, 0.2) is 33.9 Å². The Morgan fingerprint density at radius 2 is 1.82 bits per heavy atom. The Morgan fingerprint density at radius 1 is 1.18 bits per heavy atom. The summed E-state index contributed by atoms with van der Waals surface area (Å²) < 4.78 is 3.67. The number of nitrogens with one attached hydrogen (secondary N) is 2. The summed E-state index contributed by atoms with van der Waals surface area (Å²) in [6, 6.07) is 7.52. The standard InChI is InChI=1S/C16H20N2O2S2/c1-10-5-11(2)7-13(6-10)17-15(19)18-22-14-8-12(9-21-14)16(3,4)20/h5-9,20H,1-4H3,(H2,17,18,19). The number of aryl methyl sites for hydroxylation is 2. The highest BCUT2D eigenvalue weighted by Gasteiger charge is 2.18. The Bertz CT molecular complexity index is 655. The van der Waals surface area contributed by atoms with Crippen LogP contribution in [0.1, 0.15) is 30.5 Å². The molecule has 2 rings (SSSR count). The van der Waals surface area contributed by atoms with E-state index in [2.05, 4.69) is 16.1 Å². The topological polar surface area (TPSA) is 61.4 Å². The minimum atomic E-state index is -0.864. The van der Waals surface area contributed by atoms with Gasteiger partial charge in [0.05, 0.1) is 9.81 Å². The van der Waals surface area contributed by atoms with Crippen molar-refractivity contribution in [3.05, 3.63) is 46.3 Å². The zero-order chi connectivity index (χ0) is 16.3. The third kappa shape index (κ3) is 4.76. The van der Waals surface area contributed by atoms with Crippen molar-refractivity contribution < 1.29 is 9.90 Å². The van der Waals surface area contributed by atoms with Gasteiger partial charge in [0.15, 0.2) is 0 Å². The van der Waals surface area contributed by atoms with Gasteiger partial charge in [-0.25, -0.2) is 4.79 Å². The molecular formula is C16H20N2O2S2. The maximum atomic E-state index is 11.9. The monoisotopic (exact) mass is 336 g/mol. The van der Waals surface area contributed by atoms with Crippen LogP contribution in [0, 0.1) is 13.8 Å². The van der Waals surface area contributed by atoms with Crippen molar-refractivity contribution in [1.82, 2.24) is 4.72 Å². The van der Waals surface area contributed by atoms with E-state index in [1.807, 2.05) is 37.4 Å². The van der Waals surface area contributed by atoms with E-state index in [-0.39, 0.29) is 6.03 Å². The number of carbonyl (C=O) groups excluding carboxylic acids is 1. The number of anilines is 1. The summed E-state index contributed by atoms with van der Waals surface area (Å²) in [7, 11) is 0. The SMILES string of the molecule is Cc1cc(C)cc(NC(=O)NSc2cc(C(C)(C)O)cs2)c1. The lowest BCUT2D eigenvalue weighted by atomic mass is 10.0. The highest BCUT2D eigenvalue weighted by atomic mass is 32.2. The third-order valence-corrected chi connectivity index (χ3v) is 4.87. The third-order valence-electron chi connectivity index (χ3n) is 3.01. The number of urea groups is 1. The molecule has 0 radical (unpaired) electrons. The number of amides is 2. The first-order valence-electron chi connectivity index (χ1n) is 6.87. The first-order valence-corrected chi connectivity index (χ1v) is 8.57. The smallest absolute Gasteiger partial charge is 0.329 e. The zero-order valence-electron chi connectivity index (χ0n) is 13.1. The average molecular weight is 336 g/mol. The Morgan fingerprint density at radius 3 is 2.36 bits per heavy atom. The molecule has 6 heteroatoms. The van der Waals surface area contributed by atoms with Gasteiger partial charge >= 0.3 is 6.03 Å². The molecule has 1 heterocycles. The predicted molar refractivity (Wildman–Crippen MR) is 93.5 cm³/mol. The predicted octanol–water partition coefficient (Wildman–Crippen LogP) is 4.42. The van der Waals surface area contributed by atoms with Gasteiger partial charge in [-0.1, -0.05) is 6.07 Å². The normalized spacial score (nSPS) is 11.3. The molecule has 2 amide bonds. The largest absolute Gasteiger partial charge is 0.386 e. The van der Waals surface area contributed by atoms with Crippen LogP contribution < -0.4 is 10.0 Å². The first-order chi connectivity index (χ1) is 10.2. The van der Waals surface area contributed by atoms with E-state index in [0.29, 0.717) is 0 Å². The van der Waals surface area contributed by atoms with E-state index >= 15 is 0 Å². The molecule has 0 fully saturated rings. The number of carbonyl (C=O) groups is 1. The molecule has 0 atom stereocenters. The highest BCUT2D eigenvalue weighted by molar-refractivity contribution is 7.99. The summed E-state index contributed by atoms with van der Waals surface area (Å²) in [4.78, 5) is 11.9. The van der Waals surface area contributed by atoms with Crippen LogP contribution in [0.2, 0.25) is 0 Å². The van der Waals surface area contributed by atoms with Crippen molar-refractivity contribution in [1.29, 1.82) is 0 Å². The Labute approximate surface area is 139 Å². The van der Waals surface area contributed by atoms with Crippen LogP contribution in [-0.4, -0.2) is 11.1 Å². The summed E-state index contributed by atoms with van der Waals surface area (Å²) in [5.41, 5.74) is 2.97. The summed E-state index contributed by atoms with van der Waals surface area (Å²) in [5.74, 6) is 0. The Hall–Kier alpha value is -1.50. The van der Waals surface area contributed by atoms with Gasteiger partial charge in [-0.15, -0.1) is 11.3 Å². The molecule has 118 valence electrons. The number of benzene rings is 1. The van der Waals surface area contributed by atoms with E-state index in [1.165, 1.54) is 23.3 Å². The lowest BCUT2D eigenvalue weighted by molar-refractivity contribution is 0.0789. The molecule has 0 aliphatic rings. The maximum Gasteiger partial charge on any atom is 0.329 e. The number of hydrogen-bond acceptors (Lipinski definition) is 4. The number of rotatable bonds is 4. The lowest BCUT2D eigenvalue weighted by Gasteiger charge is -2.14. The van der Waals surface area contributed by atoms with Gasteiger partial charge in [0.25, 0.3) is 0 Å². The second-order valence-electron chi connectivity index (χ2n) is 5.75. The number of thiophene rings is 1. The van der Waals surface area contributed by atoms with E-state index in [9.17, 15) is 9.90 Å². The van der Waals surface area contributed by atoms with Gasteiger partial charge in [-0.05, 0) is 79.9 Å². The van der Waals surface area contributed by atoms with Crippen LogP contribution >= 0.6 is 23.3 Å². The summed E-state index contributed by atoms with van der Waals surface area (Å²) in [5, 5.41) is 14.6. The first kappa shape index (κ1) is 16.9. The van der Waals surface area contributed by atoms with Crippen LogP contribution in [0.5, 0.6) is 0 Å².